The molecular formula is C13H17ClN6O2. The molecule has 0 radical (unpaired) electrons. The van der Waals surface area contributed by atoms with Crippen molar-refractivity contribution in [1.29, 1.82) is 0 Å². The maximum absolute atomic E-state index is 12.3. The van der Waals surface area contributed by atoms with Gasteiger partial charge in [-0.15, -0.1) is 0 Å². The van der Waals surface area contributed by atoms with Crippen LogP contribution < -0.4 is 5.32 Å². The minimum Gasteiger partial charge on any atom is -0.343 e. The van der Waals surface area contributed by atoms with E-state index in [-0.39, 0.29) is 16.6 Å². The highest BCUT2D eigenvalue weighted by Crippen LogP contribution is 2.20. The Morgan fingerprint density at radius 3 is 2.59 bits per heavy atom. The topological polar surface area (TPSA) is 85.0 Å². The quantitative estimate of drug-likeness (QED) is 0.917. The molecule has 1 N–H and O–H groups in total. The molecule has 0 spiro atoms. The van der Waals surface area contributed by atoms with Crippen LogP contribution in [-0.4, -0.2) is 50.4 Å². The first-order valence-electron chi connectivity index (χ1n) is 6.63. The Balaban J connectivity index is 2.34. The van der Waals surface area contributed by atoms with E-state index in [0.717, 1.165) is 0 Å². The van der Waals surface area contributed by atoms with E-state index in [1.54, 1.807) is 21.1 Å². The van der Waals surface area contributed by atoms with Gasteiger partial charge in [-0.25, -0.2) is 0 Å². The summed E-state index contributed by atoms with van der Waals surface area (Å²) in [4.78, 5) is 25.9. The second kappa shape index (κ2) is 6.18. The van der Waals surface area contributed by atoms with E-state index in [1.807, 2.05) is 6.92 Å². The smallest absolute Gasteiger partial charge is 0.277 e. The van der Waals surface area contributed by atoms with Crippen molar-refractivity contribution in [2.45, 2.75) is 13.5 Å². The lowest BCUT2D eigenvalue weighted by atomic mass is 10.3. The number of aryl methyl sites for hydroxylation is 2. The van der Waals surface area contributed by atoms with Crippen LogP contribution in [0.5, 0.6) is 0 Å². The fraction of sp³-hybridized carbons (Fsp3) is 0.385. The van der Waals surface area contributed by atoms with Gasteiger partial charge in [0.15, 0.2) is 5.69 Å². The molecule has 0 saturated carbocycles. The number of hydrogen-bond donors (Lipinski definition) is 1. The van der Waals surface area contributed by atoms with Gasteiger partial charge in [0, 0.05) is 33.9 Å². The highest BCUT2D eigenvalue weighted by Gasteiger charge is 2.23. The number of rotatable bonds is 4. The van der Waals surface area contributed by atoms with Gasteiger partial charge in [0.05, 0.1) is 16.9 Å². The maximum Gasteiger partial charge on any atom is 0.277 e. The second-order valence-electron chi connectivity index (χ2n) is 4.88. The van der Waals surface area contributed by atoms with Gasteiger partial charge in [-0.3, -0.25) is 19.0 Å². The van der Waals surface area contributed by atoms with Crippen molar-refractivity contribution < 1.29 is 9.59 Å². The minimum atomic E-state index is -0.492. The van der Waals surface area contributed by atoms with Gasteiger partial charge in [-0.1, -0.05) is 11.6 Å². The third kappa shape index (κ3) is 2.96. The average Bonchev–Trinajstić information content (AvgIpc) is 3.00. The van der Waals surface area contributed by atoms with Crippen molar-refractivity contribution in [3.8, 4) is 0 Å². The molecule has 0 aromatic carbocycles. The lowest BCUT2D eigenvalue weighted by molar-refractivity contribution is 0.0816. The van der Waals surface area contributed by atoms with Crippen molar-refractivity contribution in [3.05, 3.63) is 28.8 Å². The fourth-order valence-corrected chi connectivity index (χ4v) is 2.21. The van der Waals surface area contributed by atoms with Crippen molar-refractivity contribution in [3.63, 3.8) is 0 Å². The Morgan fingerprint density at radius 2 is 2.09 bits per heavy atom. The number of nitrogens with zero attached hydrogens (tertiary/aromatic N) is 5. The predicted molar refractivity (Wildman–Crippen MR) is 82.1 cm³/mol. The molecule has 0 fully saturated rings. The average molecular weight is 325 g/mol. The van der Waals surface area contributed by atoms with E-state index in [2.05, 4.69) is 15.5 Å². The normalized spacial score (nSPS) is 10.6. The van der Waals surface area contributed by atoms with Crippen molar-refractivity contribution >= 4 is 29.1 Å². The number of nitrogens with one attached hydrogen (secondary N) is 1. The Hall–Kier alpha value is -2.35. The molecule has 0 aliphatic rings. The van der Waals surface area contributed by atoms with Crippen molar-refractivity contribution in [1.82, 2.24) is 24.5 Å². The molecule has 0 atom stereocenters. The summed E-state index contributed by atoms with van der Waals surface area (Å²) in [5.74, 6) is -0.740. The van der Waals surface area contributed by atoms with Crippen LogP contribution in [0.2, 0.25) is 5.02 Å². The van der Waals surface area contributed by atoms with Gasteiger partial charge in [0.2, 0.25) is 0 Å². The molecule has 2 aromatic rings. The van der Waals surface area contributed by atoms with Crippen LogP contribution in [0.15, 0.2) is 12.4 Å². The summed E-state index contributed by atoms with van der Waals surface area (Å²) in [6.45, 7) is 2.37. The molecule has 2 amide bonds. The van der Waals surface area contributed by atoms with Crippen LogP contribution >= 0.6 is 11.6 Å². The Bertz CT molecular complexity index is 718. The molecule has 0 bridgehead atoms. The first-order valence-corrected chi connectivity index (χ1v) is 7.00. The maximum atomic E-state index is 12.3. The highest BCUT2D eigenvalue weighted by molar-refractivity contribution is 6.34. The summed E-state index contributed by atoms with van der Waals surface area (Å²) in [7, 11) is 4.94. The minimum absolute atomic E-state index is 0.0941. The highest BCUT2D eigenvalue weighted by atomic mass is 35.5. The summed E-state index contributed by atoms with van der Waals surface area (Å²) in [6.07, 6.45) is 2.97. The summed E-state index contributed by atoms with van der Waals surface area (Å²) in [6, 6.07) is 0. The van der Waals surface area contributed by atoms with E-state index in [9.17, 15) is 9.59 Å². The zero-order chi connectivity index (χ0) is 16.4. The summed E-state index contributed by atoms with van der Waals surface area (Å²) in [5.41, 5.74) is 0.733. The number of carbonyl (C=O) groups is 2. The van der Waals surface area contributed by atoms with Gasteiger partial charge in [-0.05, 0) is 6.92 Å². The molecule has 0 saturated heterocycles. The van der Waals surface area contributed by atoms with E-state index >= 15 is 0 Å². The van der Waals surface area contributed by atoms with E-state index in [1.165, 1.54) is 26.7 Å². The molecule has 118 valence electrons. The van der Waals surface area contributed by atoms with Crippen LogP contribution in [0, 0.1) is 0 Å². The fourth-order valence-electron chi connectivity index (χ4n) is 1.95. The van der Waals surface area contributed by atoms with Gasteiger partial charge >= 0.3 is 0 Å². The third-order valence-electron chi connectivity index (χ3n) is 3.00. The van der Waals surface area contributed by atoms with Crippen LogP contribution in [0.1, 0.15) is 27.9 Å². The lowest BCUT2D eigenvalue weighted by Crippen LogP contribution is -2.26. The van der Waals surface area contributed by atoms with Gasteiger partial charge in [0.25, 0.3) is 11.8 Å². The summed E-state index contributed by atoms with van der Waals surface area (Å²) in [5, 5.41) is 11.0. The Labute approximate surface area is 132 Å². The van der Waals surface area contributed by atoms with Crippen LogP contribution in [0.25, 0.3) is 0 Å². The monoisotopic (exact) mass is 324 g/mol. The third-order valence-corrected chi connectivity index (χ3v) is 3.27. The lowest BCUT2D eigenvalue weighted by Gasteiger charge is -2.13. The molecular weight excluding hydrogens is 308 g/mol. The number of halogens is 1. The molecule has 0 aliphatic heterocycles. The SMILES string of the molecule is CCn1ncc(NC(=O)c2nn(C)cc2Cl)c1C(=O)N(C)C. The molecule has 0 unspecified atom stereocenters. The molecule has 2 rings (SSSR count). The molecule has 0 aliphatic carbocycles. The van der Waals surface area contributed by atoms with Crippen molar-refractivity contribution in [2.24, 2.45) is 7.05 Å². The molecule has 2 aromatic heterocycles. The Morgan fingerprint density at radius 1 is 1.41 bits per heavy atom. The van der Waals surface area contributed by atoms with Gasteiger partial charge in [-0.2, -0.15) is 10.2 Å². The largest absolute Gasteiger partial charge is 0.343 e. The number of hydrogen-bond acceptors (Lipinski definition) is 4. The number of carbonyl (C=O) groups excluding carboxylic acids is 2. The number of aromatic nitrogens is 4. The van der Waals surface area contributed by atoms with Gasteiger partial charge in [0.1, 0.15) is 5.69 Å². The van der Waals surface area contributed by atoms with Crippen molar-refractivity contribution in [2.75, 3.05) is 19.4 Å². The van der Waals surface area contributed by atoms with Crippen LogP contribution in [0.3, 0.4) is 0 Å². The summed E-state index contributed by atoms with van der Waals surface area (Å²) >= 11 is 5.95. The predicted octanol–water partition coefficient (Wildman–Crippen LogP) is 1.24. The van der Waals surface area contributed by atoms with E-state index in [4.69, 9.17) is 11.6 Å². The van der Waals surface area contributed by atoms with Crippen LogP contribution in [0.4, 0.5) is 5.69 Å². The zero-order valence-corrected chi connectivity index (χ0v) is 13.5. The number of amides is 2. The Kier molecular flexibility index (Phi) is 4.51. The molecule has 2 heterocycles. The molecule has 8 nitrogen and oxygen atoms in total. The second-order valence-corrected chi connectivity index (χ2v) is 5.28. The van der Waals surface area contributed by atoms with E-state index in [0.29, 0.717) is 17.9 Å². The standard InChI is InChI=1S/C13H17ClN6O2/c1-5-20-11(13(22)18(2)3)9(6-15-20)16-12(21)10-8(14)7-19(4)17-10/h6-7H,5H2,1-4H3,(H,16,21). The summed E-state index contributed by atoms with van der Waals surface area (Å²) < 4.78 is 2.97. The molecule has 22 heavy (non-hydrogen) atoms. The first-order chi connectivity index (χ1) is 10.3. The first kappa shape index (κ1) is 16.0. The van der Waals surface area contributed by atoms with E-state index < -0.39 is 5.91 Å². The zero-order valence-electron chi connectivity index (χ0n) is 12.8. The van der Waals surface area contributed by atoms with Gasteiger partial charge < -0.3 is 10.2 Å². The van der Waals surface area contributed by atoms with Crippen LogP contribution in [-0.2, 0) is 13.6 Å². The number of anilines is 1. The molecule has 9 heteroatoms.